The van der Waals surface area contributed by atoms with Crippen LogP contribution in [0.5, 0.6) is 0 Å². The summed E-state index contributed by atoms with van der Waals surface area (Å²) in [6.45, 7) is 0. The zero-order chi connectivity index (χ0) is 10.4. The van der Waals surface area contributed by atoms with Crippen molar-refractivity contribution in [2.75, 3.05) is 0 Å². The second kappa shape index (κ2) is 4.96. The van der Waals surface area contributed by atoms with Crippen molar-refractivity contribution in [3.05, 3.63) is 0 Å². The molecule has 2 amide bonds. The van der Waals surface area contributed by atoms with Crippen molar-refractivity contribution in [1.29, 1.82) is 0 Å². The average Bonchev–Trinajstić information content (AvgIpc) is 1.96. The van der Waals surface area contributed by atoms with Crippen molar-refractivity contribution in [3.63, 3.8) is 0 Å². The van der Waals surface area contributed by atoms with Gasteiger partial charge in [-0.2, -0.15) is 0 Å². The molecular weight excluding hydrogens is 180 g/mol. The molecule has 0 aliphatic heterocycles. The van der Waals surface area contributed by atoms with Crippen LogP contribution in [0.4, 0.5) is 4.79 Å². The smallest absolute Gasteiger partial charge is 0.312 e. The minimum atomic E-state index is -1.58. The highest BCUT2D eigenvalue weighted by Crippen LogP contribution is 1.94. The SMILES string of the molecule is NC(=O)N[C@H](CCC(=O)[O-])C(=O)[O-]. The number of hydrogen-bond acceptors (Lipinski definition) is 5. The summed E-state index contributed by atoms with van der Waals surface area (Å²) in [5, 5.41) is 22.0. The molecule has 0 radical (unpaired) electrons. The lowest BCUT2D eigenvalue weighted by Crippen LogP contribution is -2.50. The third kappa shape index (κ3) is 5.48. The Balaban J connectivity index is 4.02. The van der Waals surface area contributed by atoms with Crippen molar-refractivity contribution < 1.29 is 24.6 Å². The molecule has 7 nitrogen and oxygen atoms in total. The van der Waals surface area contributed by atoms with Crippen LogP contribution in [0.25, 0.3) is 0 Å². The fourth-order valence-electron chi connectivity index (χ4n) is 0.683. The summed E-state index contributed by atoms with van der Waals surface area (Å²) in [6.07, 6.45) is -0.799. The highest BCUT2D eigenvalue weighted by molar-refractivity contribution is 5.80. The number of aliphatic carboxylic acids is 2. The van der Waals surface area contributed by atoms with Gasteiger partial charge in [0.1, 0.15) is 0 Å². The summed E-state index contributed by atoms with van der Waals surface area (Å²) >= 11 is 0. The number of hydrogen-bond donors (Lipinski definition) is 2. The molecule has 0 unspecified atom stereocenters. The van der Waals surface area contributed by atoms with E-state index >= 15 is 0 Å². The lowest BCUT2D eigenvalue weighted by molar-refractivity contribution is -0.309. The number of primary amides is 1. The largest absolute Gasteiger partial charge is 0.550 e. The van der Waals surface area contributed by atoms with Crippen LogP contribution in [0.1, 0.15) is 12.8 Å². The van der Waals surface area contributed by atoms with E-state index in [1.165, 1.54) is 0 Å². The summed E-state index contributed by atoms with van der Waals surface area (Å²) in [4.78, 5) is 30.4. The Morgan fingerprint density at radius 2 is 1.85 bits per heavy atom. The molecule has 13 heavy (non-hydrogen) atoms. The summed E-state index contributed by atoms with van der Waals surface area (Å²) in [7, 11) is 0. The van der Waals surface area contributed by atoms with Gasteiger partial charge in [-0.1, -0.05) is 0 Å². The molecular formula is C6H8N2O5-2. The molecule has 0 bridgehead atoms. The molecule has 0 aliphatic rings. The van der Waals surface area contributed by atoms with Crippen molar-refractivity contribution in [2.45, 2.75) is 18.9 Å². The van der Waals surface area contributed by atoms with E-state index in [0.29, 0.717) is 0 Å². The quantitative estimate of drug-likeness (QED) is 0.457. The Hall–Kier alpha value is -1.79. The minimum absolute atomic E-state index is 0.312. The molecule has 0 heterocycles. The van der Waals surface area contributed by atoms with Crippen molar-refractivity contribution in [3.8, 4) is 0 Å². The fourth-order valence-corrected chi connectivity index (χ4v) is 0.683. The zero-order valence-electron chi connectivity index (χ0n) is 6.61. The third-order valence-electron chi connectivity index (χ3n) is 1.24. The van der Waals surface area contributed by atoms with Crippen LogP contribution in [0.3, 0.4) is 0 Å². The van der Waals surface area contributed by atoms with Gasteiger partial charge in [-0.3, -0.25) is 0 Å². The first-order valence-electron chi connectivity index (χ1n) is 3.40. The molecule has 1 atom stereocenters. The summed E-state index contributed by atoms with van der Waals surface area (Å²) in [5.41, 5.74) is 4.63. The Morgan fingerprint density at radius 3 is 2.15 bits per heavy atom. The van der Waals surface area contributed by atoms with Gasteiger partial charge in [0.25, 0.3) is 0 Å². The van der Waals surface area contributed by atoms with Crippen molar-refractivity contribution in [1.82, 2.24) is 5.32 Å². The van der Waals surface area contributed by atoms with Crippen LogP contribution in [0, 0.1) is 0 Å². The van der Waals surface area contributed by atoms with Gasteiger partial charge in [0.2, 0.25) is 0 Å². The maximum Gasteiger partial charge on any atom is 0.312 e. The number of carbonyl (C=O) groups is 3. The van der Waals surface area contributed by atoms with Crippen molar-refractivity contribution in [2.24, 2.45) is 5.73 Å². The monoisotopic (exact) mass is 188 g/mol. The van der Waals surface area contributed by atoms with E-state index in [1.807, 2.05) is 5.32 Å². The Morgan fingerprint density at radius 1 is 1.31 bits per heavy atom. The van der Waals surface area contributed by atoms with Gasteiger partial charge in [0.05, 0.1) is 12.0 Å². The standard InChI is InChI=1S/C6H10N2O5/c7-6(13)8-3(5(11)12)1-2-4(9)10/h3H,1-2H2,(H,9,10)(H,11,12)(H3,7,8,13)/p-2/t3-/m1/s1. The van der Waals surface area contributed by atoms with Crippen LogP contribution in [-0.2, 0) is 9.59 Å². The molecule has 7 heteroatoms. The molecule has 3 N–H and O–H groups in total. The van der Waals surface area contributed by atoms with Gasteiger partial charge in [0, 0.05) is 5.97 Å². The molecule has 0 aliphatic carbocycles. The maximum atomic E-state index is 10.3. The van der Waals surface area contributed by atoms with E-state index in [-0.39, 0.29) is 6.42 Å². The van der Waals surface area contributed by atoms with Crippen LogP contribution in [0.15, 0.2) is 0 Å². The fraction of sp³-hybridized carbons (Fsp3) is 0.500. The highest BCUT2D eigenvalue weighted by Gasteiger charge is 2.10. The Labute approximate surface area is 73.5 Å². The Bertz CT molecular complexity index is 227. The van der Waals surface area contributed by atoms with Crippen molar-refractivity contribution >= 4 is 18.0 Å². The number of carboxylic acid groups (broad SMARTS) is 2. The molecule has 0 saturated carbocycles. The summed E-state index contributed by atoms with van der Waals surface area (Å²) in [5.74, 6) is -2.99. The average molecular weight is 188 g/mol. The van der Waals surface area contributed by atoms with Gasteiger partial charge < -0.3 is 30.9 Å². The minimum Gasteiger partial charge on any atom is -0.550 e. The van der Waals surface area contributed by atoms with Gasteiger partial charge in [-0.25, -0.2) is 4.79 Å². The van der Waals surface area contributed by atoms with E-state index in [2.05, 4.69) is 5.73 Å². The second-order valence-electron chi connectivity index (χ2n) is 2.29. The first-order valence-corrected chi connectivity index (χ1v) is 3.40. The lowest BCUT2D eigenvalue weighted by Gasteiger charge is -2.18. The molecule has 0 saturated heterocycles. The molecule has 0 fully saturated rings. The summed E-state index contributed by atoms with van der Waals surface area (Å²) in [6, 6.07) is -2.44. The lowest BCUT2D eigenvalue weighted by atomic mass is 10.1. The number of carboxylic acids is 2. The number of carbonyl (C=O) groups excluding carboxylic acids is 3. The van der Waals surface area contributed by atoms with Crippen LogP contribution < -0.4 is 21.3 Å². The van der Waals surface area contributed by atoms with Gasteiger partial charge in [-0.05, 0) is 12.8 Å². The predicted molar refractivity (Wildman–Crippen MR) is 35.8 cm³/mol. The number of rotatable bonds is 5. The molecule has 0 rings (SSSR count). The third-order valence-corrected chi connectivity index (χ3v) is 1.24. The van der Waals surface area contributed by atoms with Gasteiger partial charge in [-0.15, -0.1) is 0 Å². The molecule has 0 aromatic rings. The number of urea groups is 1. The maximum absolute atomic E-state index is 10.3. The van der Waals surface area contributed by atoms with E-state index in [9.17, 15) is 24.6 Å². The van der Waals surface area contributed by atoms with E-state index in [1.54, 1.807) is 0 Å². The van der Waals surface area contributed by atoms with Crippen LogP contribution in [0.2, 0.25) is 0 Å². The number of nitrogens with one attached hydrogen (secondary N) is 1. The first kappa shape index (κ1) is 11.2. The molecule has 0 aromatic heterocycles. The Kier molecular flexibility index (Phi) is 4.28. The second-order valence-corrected chi connectivity index (χ2v) is 2.29. The molecule has 0 aromatic carbocycles. The van der Waals surface area contributed by atoms with Crippen LogP contribution >= 0.6 is 0 Å². The predicted octanol–water partition coefficient (Wildman–Crippen LogP) is -3.70. The number of nitrogens with two attached hydrogens (primary N) is 1. The molecule has 0 spiro atoms. The van der Waals surface area contributed by atoms with Gasteiger partial charge >= 0.3 is 6.03 Å². The zero-order valence-corrected chi connectivity index (χ0v) is 6.61. The molecule has 74 valence electrons. The van der Waals surface area contributed by atoms with E-state index < -0.39 is 30.4 Å². The van der Waals surface area contributed by atoms with Crippen LogP contribution in [-0.4, -0.2) is 24.0 Å². The normalized spacial score (nSPS) is 11.7. The highest BCUT2D eigenvalue weighted by atomic mass is 16.4. The number of amides is 2. The van der Waals surface area contributed by atoms with Gasteiger partial charge in [0.15, 0.2) is 0 Å². The van der Waals surface area contributed by atoms with E-state index in [0.717, 1.165) is 0 Å². The van der Waals surface area contributed by atoms with E-state index in [4.69, 9.17) is 0 Å². The first-order chi connectivity index (χ1) is 5.93. The topological polar surface area (TPSA) is 135 Å². The summed E-state index contributed by atoms with van der Waals surface area (Å²) < 4.78 is 0.